The second-order valence-corrected chi connectivity index (χ2v) is 16.6. The topological polar surface area (TPSA) is 119 Å². The molecule has 4 aliphatic rings. The number of anilines is 1. The third-order valence-electron chi connectivity index (χ3n) is 12.7. The second-order valence-electron chi connectivity index (χ2n) is 16.1. The fraction of sp³-hybridized carbons (Fsp3) is 0.340. The van der Waals surface area contributed by atoms with Crippen molar-refractivity contribution in [3.63, 3.8) is 0 Å². The van der Waals surface area contributed by atoms with Crippen molar-refractivity contribution in [1.82, 2.24) is 19.3 Å². The predicted octanol–water partition coefficient (Wildman–Crippen LogP) is 7.65. The third kappa shape index (κ3) is 7.47. The van der Waals surface area contributed by atoms with E-state index >= 15 is 4.79 Å². The van der Waals surface area contributed by atoms with Crippen molar-refractivity contribution in [3.05, 3.63) is 141 Å². The van der Waals surface area contributed by atoms with Crippen LogP contribution in [0.2, 0.25) is 5.02 Å². The van der Waals surface area contributed by atoms with Crippen molar-refractivity contribution in [3.8, 4) is 17.0 Å². The van der Waals surface area contributed by atoms with E-state index in [1.54, 1.807) is 48.3 Å². The van der Waals surface area contributed by atoms with Gasteiger partial charge in [-0.25, -0.2) is 4.79 Å². The number of halogens is 1. The number of benzene rings is 4. The summed E-state index contributed by atoms with van der Waals surface area (Å²) in [5.41, 5.74) is 9.05. The van der Waals surface area contributed by atoms with Gasteiger partial charge in [-0.05, 0) is 115 Å². The summed E-state index contributed by atoms with van der Waals surface area (Å²) in [7, 11) is 1.74. The van der Waals surface area contributed by atoms with Gasteiger partial charge in [0.05, 0.1) is 24.8 Å². The molecule has 1 unspecified atom stereocenters. The number of rotatable bonds is 7. The first-order chi connectivity index (χ1) is 28.6. The lowest BCUT2D eigenvalue weighted by Crippen LogP contribution is -2.52. The van der Waals surface area contributed by atoms with E-state index < -0.39 is 12.1 Å². The van der Waals surface area contributed by atoms with Crippen molar-refractivity contribution < 1.29 is 29.3 Å². The zero-order valence-corrected chi connectivity index (χ0v) is 33.9. The Kier molecular flexibility index (Phi) is 10.7. The van der Waals surface area contributed by atoms with Crippen LogP contribution in [-0.2, 0) is 37.1 Å². The molecule has 1 fully saturated rings. The molecule has 2 atom stereocenters. The Morgan fingerprint density at radius 3 is 2.31 bits per heavy atom. The van der Waals surface area contributed by atoms with E-state index in [0.29, 0.717) is 67.5 Å². The molecule has 59 heavy (non-hydrogen) atoms. The molecular weight excluding hydrogens is 766 g/mol. The molecule has 12 heteroatoms. The summed E-state index contributed by atoms with van der Waals surface area (Å²) in [6.07, 6.45) is 2.73. The van der Waals surface area contributed by atoms with Gasteiger partial charge in [-0.15, -0.1) is 0 Å². The predicted molar refractivity (Wildman–Crippen MR) is 226 cm³/mol. The number of carbonyl (C=O) groups excluding carboxylic acids is 2. The van der Waals surface area contributed by atoms with Gasteiger partial charge in [0, 0.05) is 85.6 Å². The van der Waals surface area contributed by atoms with Gasteiger partial charge in [-0.2, -0.15) is 0 Å². The van der Waals surface area contributed by atoms with E-state index in [0.717, 1.165) is 71.6 Å². The Hall–Kier alpha value is -5.62. The molecule has 2 N–H and O–H groups in total. The van der Waals surface area contributed by atoms with Gasteiger partial charge in [0.25, 0.3) is 11.8 Å². The van der Waals surface area contributed by atoms with Crippen LogP contribution >= 0.6 is 11.6 Å². The fourth-order valence-electron chi connectivity index (χ4n) is 9.55. The van der Waals surface area contributed by atoms with E-state index in [1.807, 2.05) is 35.2 Å². The maximum absolute atomic E-state index is 15.7. The number of nitrogens with zero attached hydrogens (tertiary/aromatic N) is 5. The molecule has 9 rings (SSSR count). The number of ether oxygens (including phenoxy) is 1. The molecule has 0 spiro atoms. The molecule has 1 aromatic heterocycles. The van der Waals surface area contributed by atoms with Crippen LogP contribution in [0.1, 0.15) is 73.1 Å². The van der Waals surface area contributed by atoms with Crippen molar-refractivity contribution in [2.24, 2.45) is 0 Å². The highest BCUT2D eigenvalue weighted by molar-refractivity contribution is 6.30. The van der Waals surface area contributed by atoms with E-state index in [2.05, 4.69) is 33.7 Å². The van der Waals surface area contributed by atoms with Gasteiger partial charge in [-0.3, -0.25) is 19.4 Å². The average Bonchev–Trinajstić information content (AvgIpc) is 3.65. The van der Waals surface area contributed by atoms with Crippen LogP contribution in [0.3, 0.4) is 0 Å². The number of hydrogen-bond donors (Lipinski definition) is 2. The van der Waals surface area contributed by atoms with E-state index in [9.17, 15) is 19.8 Å². The SMILES string of the molecule is CN(C(=O)c1cc(-c2cc3c(cc2C(=O)N2Cc4ccccc4C[C@H]2CN2CCOCC2)C(c2ccc(Cl)cc2)N(C(=O)O)CC3)n2c1CCCC2)c1ccc(O)cc1. The number of aromatic hydroxyl groups is 1. The van der Waals surface area contributed by atoms with Crippen LogP contribution in [0.5, 0.6) is 5.75 Å². The van der Waals surface area contributed by atoms with Crippen molar-refractivity contribution in [2.75, 3.05) is 51.3 Å². The van der Waals surface area contributed by atoms with Crippen LogP contribution in [0.15, 0.2) is 91.0 Å². The normalized spacial score (nSPS) is 19.1. The maximum Gasteiger partial charge on any atom is 0.408 e. The molecular formula is C47H48ClN5O6. The summed E-state index contributed by atoms with van der Waals surface area (Å²) in [6.45, 7) is 5.01. The summed E-state index contributed by atoms with van der Waals surface area (Å²) in [6, 6.07) is 27.4. The number of carbonyl (C=O) groups is 3. The molecule has 0 saturated carbocycles. The zero-order valence-electron chi connectivity index (χ0n) is 33.1. The van der Waals surface area contributed by atoms with Crippen LogP contribution in [0.4, 0.5) is 10.5 Å². The van der Waals surface area contributed by atoms with Crippen molar-refractivity contribution in [1.29, 1.82) is 0 Å². The first kappa shape index (κ1) is 38.9. The number of hydrogen-bond acceptors (Lipinski definition) is 6. The third-order valence-corrected chi connectivity index (χ3v) is 12.9. The number of fused-ring (bicyclic) bond motifs is 3. The standard InChI is InChI=1S/C47H48ClN5O6/c1-49(35-13-15-37(54)16-14-35)45(55)41-27-43(51-18-5-4-8-42(41)51)39-25-32-17-19-52(47(57)58)44(30-9-11-34(48)12-10-30)38(32)26-40(39)46(56)53-28-33-7-3-2-6-31(33)24-36(53)29-50-20-22-59-23-21-50/h2-3,6-7,9-16,25-27,36,44,54H,4-5,8,17-24,28-29H2,1H3,(H,57,58)/t36-,44?/m0/s1. The lowest BCUT2D eigenvalue weighted by atomic mass is 9.84. The van der Waals surface area contributed by atoms with E-state index in [1.165, 1.54) is 10.5 Å². The van der Waals surface area contributed by atoms with Gasteiger partial charge in [0.2, 0.25) is 0 Å². The molecule has 1 saturated heterocycles. The fourth-order valence-corrected chi connectivity index (χ4v) is 9.68. The Balaban J connectivity index is 1.21. The molecule has 0 radical (unpaired) electrons. The van der Waals surface area contributed by atoms with Crippen LogP contribution < -0.4 is 4.90 Å². The van der Waals surface area contributed by atoms with Gasteiger partial charge < -0.3 is 29.3 Å². The average molecular weight is 814 g/mol. The Labute approximate surface area is 349 Å². The summed E-state index contributed by atoms with van der Waals surface area (Å²) in [5, 5.41) is 21.0. The number of carboxylic acid groups (broad SMARTS) is 1. The first-order valence-corrected chi connectivity index (χ1v) is 20.9. The Morgan fingerprint density at radius 2 is 1.56 bits per heavy atom. The van der Waals surface area contributed by atoms with Crippen LogP contribution in [-0.4, -0.2) is 99.9 Å². The van der Waals surface area contributed by atoms with E-state index in [-0.39, 0.29) is 30.2 Å². The number of phenolic OH excluding ortho intramolecular Hbond substituents is 1. The maximum atomic E-state index is 15.7. The molecule has 304 valence electrons. The molecule has 11 nitrogen and oxygen atoms in total. The second kappa shape index (κ2) is 16.2. The minimum absolute atomic E-state index is 0.112. The molecule has 4 aliphatic heterocycles. The molecule has 3 amide bonds. The Morgan fingerprint density at radius 1 is 0.814 bits per heavy atom. The number of phenols is 1. The van der Waals surface area contributed by atoms with Gasteiger partial charge in [0.15, 0.2) is 0 Å². The highest BCUT2D eigenvalue weighted by Gasteiger charge is 2.38. The van der Waals surface area contributed by atoms with Gasteiger partial charge in [-0.1, -0.05) is 48.0 Å². The molecule has 5 aromatic rings. The Bertz CT molecular complexity index is 2410. The van der Waals surface area contributed by atoms with Crippen molar-refractivity contribution >= 4 is 35.2 Å². The van der Waals surface area contributed by atoms with Crippen LogP contribution in [0, 0.1) is 0 Å². The smallest absolute Gasteiger partial charge is 0.408 e. The number of amides is 3. The number of aromatic nitrogens is 1. The molecule has 0 bridgehead atoms. The van der Waals surface area contributed by atoms with Gasteiger partial charge >= 0.3 is 6.09 Å². The molecule has 4 aromatic carbocycles. The van der Waals surface area contributed by atoms with Crippen molar-refractivity contribution in [2.45, 2.75) is 57.3 Å². The lowest BCUT2D eigenvalue weighted by Gasteiger charge is -2.41. The monoisotopic (exact) mass is 813 g/mol. The summed E-state index contributed by atoms with van der Waals surface area (Å²) in [5.74, 6) is -0.174. The highest BCUT2D eigenvalue weighted by Crippen LogP contribution is 2.42. The molecule has 5 heterocycles. The van der Waals surface area contributed by atoms with Crippen LogP contribution in [0.25, 0.3) is 11.3 Å². The minimum atomic E-state index is -1.03. The van der Waals surface area contributed by atoms with E-state index in [4.69, 9.17) is 16.3 Å². The zero-order chi connectivity index (χ0) is 40.8. The summed E-state index contributed by atoms with van der Waals surface area (Å²) in [4.78, 5) is 50.4. The summed E-state index contributed by atoms with van der Waals surface area (Å²) < 4.78 is 7.90. The number of morpholine rings is 1. The largest absolute Gasteiger partial charge is 0.508 e. The summed E-state index contributed by atoms with van der Waals surface area (Å²) >= 11 is 6.32. The minimum Gasteiger partial charge on any atom is -0.508 e. The van der Waals surface area contributed by atoms with Gasteiger partial charge in [0.1, 0.15) is 5.75 Å². The quantitative estimate of drug-likeness (QED) is 0.173. The lowest BCUT2D eigenvalue weighted by molar-refractivity contribution is 0.0193. The molecule has 0 aliphatic carbocycles. The highest BCUT2D eigenvalue weighted by atomic mass is 35.5. The first-order valence-electron chi connectivity index (χ1n) is 20.5.